The molecule has 2 aromatic carbocycles. The summed E-state index contributed by atoms with van der Waals surface area (Å²) in [6.45, 7) is 0. The first-order valence-electron chi connectivity index (χ1n) is 7.77. The Bertz CT molecular complexity index is 1220. The van der Waals surface area contributed by atoms with Crippen LogP contribution in [0.5, 0.6) is 5.88 Å². The van der Waals surface area contributed by atoms with Gasteiger partial charge in [-0.15, -0.1) is 0 Å². The largest absolute Gasteiger partial charge is 0.492 e. The highest BCUT2D eigenvalue weighted by molar-refractivity contribution is 7.73. The minimum absolute atomic E-state index is 0.179. The van der Waals surface area contributed by atoms with Gasteiger partial charge in [-0.25, -0.2) is 9.98 Å². The van der Waals surface area contributed by atoms with Crippen molar-refractivity contribution in [3.05, 3.63) is 84.5 Å². The molecule has 1 amide bonds. The van der Waals surface area contributed by atoms with Crippen molar-refractivity contribution in [2.24, 2.45) is 9.98 Å². The molecule has 1 aromatic heterocycles. The zero-order valence-corrected chi connectivity index (χ0v) is 16.0. The Labute approximate surface area is 167 Å². The molecule has 3 aromatic rings. The Balaban J connectivity index is 1.64. The van der Waals surface area contributed by atoms with Gasteiger partial charge < -0.3 is 5.11 Å². The van der Waals surface area contributed by atoms with Crippen LogP contribution in [0.25, 0.3) is 6.08 Å². The lowest BCUT2D eigenvalue weighted by Crippen LogP contribution is -2.22. The summed E-state index contributed by atoms with van der Waals surface area (Å²) in [6, 6.07) is 13.9. The van der Waals surface area contributed by atoms with Crippen LogP contribution in [0.2, 0.25) is 5.02 Å². The summed E-state index contributed by atoms with van der Waals surface area (Å²) < 4.78 is 1.45. The molecule has 6 nitrogen and oxygen atoms in total. The molecule has 0 saturated carbocycles. The summed E-state index contributed by atoms with van der Waals surface area (Å²) in [4.78, 5) is 21.6. The van der Waals surface area contributed by atoms with Crippen LogP contribution < -0.4 is 16.1 Å². The van der Waals surface area contributed by atoms with E-state index in [0.717, 1.165) is 26.7 Å². The summed E-state index contributed by atoms with van der Waals surface area (Å²) in [5.41, 5.74) is 2.97. The zero-order chi connectivity index (χ0) is 19.0. The van der Waals surface area contributed by atoms with E-state index in [0.29, 0.717) is 21.3 Å². The third kappa shape index (κ3) is 3.55. The van der Waals surface area contributed by atoms with Crippen molar-refractivity contribution >= 4 is 47.1 Å². The summed E-state index contributed by atoms with van der Waals surface area (Å²) >= 11 is 12.2. The Morgan fingerprint density at radius 2 is 1.78 bits per heavy atom. The standard InChI is InChI=1S/C18H11ClN4O2S2/c19-11-7-5-10(6-8-11)16(24)22-23-17(25)14(27-18(23)26)9-15-20-12-3-1-2-4-13(12)21-15/h1-9,25H,(H,22,24). The fourth-order valence-electron chi connectivity index (χ4n) is 2.45. The second-order valence-electron chi connectivity index (χ2n) is 5.55. The van der Waals surface area contributed by atoms with Gasteiger partial charge in [0.25, 0.3) is 5.91 Å². The molecule has 1 aliphatic rings. The number of hydrogen-bond acceptors (Lipinski definition) is 6. The van der Waals surface area contributed by atoms with Crippen molar-refractivity contribution in [1.82, 2.24) is 4.68 Å². The van der Waals surface area contributed by atoms with Crippen LogP contribution >= 0.6 is 35.2 Å². The highest BCUT2D eigenvalue weighted by atomic mass is 35.5. The summed E-state index contributed by atoms with van der Waals surface area (Å²) in [7, 11) is 0. The molecule has 0 atom stereocenters. The number of aromatic nitrogens is 1. The molecule has 0 unspecified atom stereocenters. The minimum Gasteiger partial charge on any atom is -0.492 e. The van der Waals surface area contributed by atoms with Gasteiger partial charge in [0.2, 0.25) is 5.88 Å². The molecule has 0 fully saturated rings. The van der Waals surface area contributed by atoms with Gasteiger partial charge in [0, 0.05) is 16.7 Å². The quantitative estimate of drug-likeness (QED) is 0.645. The van der Waals surface area contributed by atoms with Crippen molar-refractivity contribution < 1.29 is 9.90 Å². The van der Waals surface area contributed by atoms with Gasteiger partial charge in [0.15, 0.2) is 9.78 Å². The third-order valence-corrected chi connectivity index (χ3v) is 5.31. The maximum absolute atomic E-state index is 12.4. The number of thiazole rings is 1. The number of nitrogens with one attached hydrogen (secondary N) is 1. The predicted molar refractivity (Wildman–Crippen MR) is 107 cm³/mol. The van der Waals surface area contributed by atoms with E-state index in [1.165, 1.54) is 0 Å². The molecule has 27 heavy (non-hydrogen) atoms. The highest BCUT2D eigenvalue weighted by Gasteiger charge is 2.15. The molecule has 134 valence electrons. The van der Waals surface area contributed by atoms with Gasteiger partial charge in [-0.3, -0.25) is 10.2 Å². The van der Waals surface area contributed by atoms with Crippen LogP contribution in [0.15, 0.2) is 64.3 Å². The van der Waals surface area contributed by atoms with Crippen molar-refractivity contribution in [2.75, 3.05) is 5.43 Å². The Hall–Kier alpha value is -2.81. The minimum atomic E-state index is -0.419. The molecule has 0 radical (unpaired) electrons. The van der Waals surface area contributed by atoms with E-state index < -0.39 is 5.91 Å². The first-order valence-corrected chi connectivity index (χ1v) is 9.37. The normalized spacial score (nSPS) is 12.1. The number of nitrogens with zero attached hydrogens (tertiary/aromatic N) is 3. The smallest absolute Gasteiger partial charge is 0.270 e. The Kier molecular flexibility index (Phi) is 4.61. The molecule has 0 bridgehead atoms. The molecule has 0 saturated heterocycles. The number of halogens is 1. The number of aromatic hydroxyl groups is 1. The molecule has 1 aliphatic heterocycles. The fourth-order valence-corrected chi connectivity index (χ4v) is 3.73. The van der Waals surface area contributed by atoms with Crippen LogP contribution in [0.4, 0.5) is 0 Å². The Morgan fingerprint density at radius 3 is 2.41 bits per heavy atom. The topological polar surface area (TPSA) is 79.0 Å². The van der Waals surface area contributed by atoms with E-state index in [1.54, 1.807) is 30.3 Å². The highest BCUT2D eigenvalue weighted by Crippen LogP contribution is 2.28. The maximum atomic E-state index is 12.4. The van der Waals surface area contributed by atoms with Crippen molar-refractivity contribution in [3.63, 3.8) is 0 Å². The van der Waals surface area contributed by atoms with E-state index in [-0.39, 0.29) is 9.83 Å². The summed E-state index contributed by atoms with van der Waals surface area (Å²) in [6.07, 6.45) is 1.63. The second kappa shape index (κ2) is 7.07. The van der Waals surface area contributed by atoms with E-state index in [9.17, 15) is 9.90 Å². The number of benzene rings is 2. The van der Waals surface area contributed by atoms with Crippen LogP contribution in [0.3, 0.4) is 0 Å². The maximum Gasteiger partial charge on any atom is 0.270 e. The predicted octanol–water partition coefficient (Wildman–Crippen LogP) is 3.27. The third-order valence-electron chi connectivity index (χ3n) is 3.74. The van der Waals surface area contributed by atoms with Crippen LogP contribution in [0.1, 0.15) is 15.2 Å². The van der Waals surface area contributed by atoms with Gasteiger partial charge in [0.1, 0.15) is 0 Å². The second-order valence-corrected chi connectivity index (χ2v) is 7.67. The molecule has 9 heteroatoms. The summed E-state index contributed by atoms with van der Waals surface area (Å²) in [5, 5.41) is 12.5. The summed E-state index contributed by atoms with van der Waals surface area (Å²) in [5.74, 6) is -0.141. The first-order chi connectivity index (χ1) is 13.0. The Morgan fingerprint density at radius 1 is 1.15 bits per heavy atom. The lowest BCUT2D eigenvalue weighted by molar-refractivity contribution is 0.101. The van der Waals surface area contributed by atoms with E-state index >= 15 is 0 Å². The van der Waals surface area contributed by atoms with Crippen LogP contribution in [-0.4, -0.2) is 15.7 Å². The number of carbonyl (C=O) groups excluding carboxylic acids is 1. The zero-order valence-electron chi connectivity index (χ0n) is 13.6. The van der Waals surface area contributed by atoms with Crippen molar-refractivity contribution in [1.29, 1.82) is 0 Å². The van der Waals surface area contributed by atoms with E-state index in [4.69, 9.17) is 23.8 Å². The number of rotatable bonds is 3. The molecular weight excluding hydrogens is 404 g/mol. The molecule has 4 rings (SSSR count). The molecule has 2 N–H and O–H groups in total. The van der Waals surface area contributed by atoms with Crippen LogP contribution in [-0.2, 0) is 0 Å². The van der Waals surface area contributed by atoms with Gasteiger partial charge in [-0.05, 0) is 48.6 Å². The van der Waals surface area contributed by atoms with Crippen molar-refractivity contribution in [2.45, 2.75) is 0 Å². The number of carbonyl (C=O) groups is 1. The molecular formula is C18H11ClN4O2S2. The molecule has 0 aliphatic carbocycles. The number of amides is 1. The van der Waals surface area contributed by atoms with Crippen molar-refractivity contribution in [3.8, 4) is 5.88 Å². The van der Waals surface area contributed by atoms with Gasteiger partial charge in [-0.2, -0.15) is 4.68 Å². The lowest BCUT2D eigenvalue weighted by Gasteiger charge is -2.07. The number of fused-ring (bicyclic) bond motifs is 1. The van der Waals surface area contributed by atoms with E-state index in [2.05, 4.69) is 15.4 Å². The fraction of sp³-hybridized carbons (Fsp3) is 0. The first kappa shape index (κ1) is 17.6. The monoisotopic (exact) mass is 414 g/mol. The average Bonchev–Trinajstić information content (AvgIpc) is 3.18. The average molecular weight is 415 g/mol. The van der Waals surface area contributed by atoms with E-state index in [1.807, 2.05) is 24.3 Å². The lowest BCUT2D eigenvalue weighted by atomic mass is 10.2. The molecule has 2 heterocycles. The molecule has 0 spiro atoms. The van der Waals surface area contributed by atoms with Crippen LogP contribution in [0, 0.1) is 3.95 Å². The van der Waals surface area contributed by atoms with Gasteiger partial charge in [-0.1, -0.05) is 35.1 Å². The number of para-hydroxylation sites is 2. The SMILES string of the molecule is O=C(Nn1c(O)c(C=C2N=c3ccccc3=N2)sc1=S)c1ccc(Cl)cc1. The number of hydrogen-bond donors (Lipinski definition) is 2. The van der Waals surface area contributed by atoms with Gasteiger partial charge >= 0.3 is 0 Å². The van der Waals surface area contributed by atoms with Gasteiger partial charge in [0.05, 0.1) is 15.6 Å².